The molecular formula is C85H122BrCl3LiMgN7O32. The molecule has 6 aromatic rings. The van der Waals surface area contributed by atoms with Gasteiger partial charge in [-0.2, -0.15) is 30.3 Å². The Morgan fingerprint density at radius 3 is 1.37 bits per heavy atom. The third-order valence-electron chi connectivity index (χ3n) is 14.9. The van der Waals surface area contributed by atoms with Gasteiger partial charge in [-0.15, -0.1) is 24.0 Å². The summed E-state index contributed by atoms with van der Waals surface area (Å²) in [5, 5.41) is 41.3. The number of aliphatic hydroxyl groups excluding tert-OH is 2. The Labute approximate surface area is 811 Å². The molecule has 1 aromatic heterocycles. The second-order valence-corrected chi connectivity index (χ2v) is 31.4. The van der Waals surface area contributed by atoms with Crippen molar-refractivity contribution in [1.82, 2.24) is 20.1 Å². The third kappa shape index (κ3) is 54.2. The van der Waals surface area contributed by atoms with E-state index in [2.05, 4.69) is 40.6 Å². The number of nitrogens with two attached hydrogens (primary N) is 2. The number of anilines is 2. The Bertz CT molecular complexity index is 4560. The number of fused-ring (bicyclic) bond motifs is 1. The maximum Gasteiger partial charge on any atom is 2.00 e. The number of rotatable bonds is 14. The smallest absolute Gasteiger partial charge is 1.00 e. The molecule has 8 rings (SSSR count). The zero-order valence-corrected chi connectivity index (χ0v) is 83.8. The Balaban J connectivity index is -0.000000263. The fourth-order valence-corrected chi connectivity index (χ4v) is 9.26. The number of esters is 5. The van der Waals surface area contributed by atoms with E-state index < -0.39 is 119 Å². The minimum atomic E-state index is -1.10. The predicted octanol–water partition coefficient (Wildman–Crippen LogP) is 5.06. The van der Waals surface area contributed by atoms with Gasteiger partial charge in [0, 0.05) is 56.6 Å². The van der Waals surface area contributed by atoms with Crippen LogP contribution in [0.2, 0.25) is 10.0 Å². The molecule has 2 aliphatic heterocycles. The number of benzene rings is 5. The molecule has 130 heavy (non-hydrogen) atoms. The SMILES string of the molecule is CC(=O)OC(C)=O.CC(C)(C)OC(=O)N1[C@H](C(=O)O)COC1(C)C.COC(=O)[C@@H](N)CO.COC(=O)[C@@H]1COC(C)(C)N1C(=O)OC(C)(C)C.COC(=O)[C@H](CO)NC(=O)OC(C)(C)C.COC(C)(C)C.COc1ccc(N)c(C(=O)O)c1.COc1ccc(NC(C)=O)c(C(=O)c2ccc(Cl)cc2)c1.COc1ccc2nc(C)oc(=O)c2c1.Cl.Clc1cc[c-]cc1.[Br-].[Li+].[Mg+2].[OH-]. The van der Waals surface area contributed by atoms with Crippen molar-refractivity contribution in [2.75, 3.05) is 87.2 Å². The molecule has 4 atom stereocenters. The normalized spacial score (nSPS) is 13.6. The number of methoxy groups -OCH3 is 7. The molecule has 0 spiro atoms. The summed E-state index contributed by atoms with van der Waals surface area (Å²) in [4.78, 5) is 151. The number of hydrogen-bond donors (Lipinski definition) is 8. The Kier molecular flexibility index (Phi) is 65.9. The number of carboxylic acid groups (broad SMARTS) is 2. The van der Waals surface area contributed by atoms with E-state index in [4.69, 9.17) is 102 Å². The number of aromatic carboxylic acids is 1. The van der Waals surface area contributed by atoms with Gasteiger partial charge in [-0.3, -0.25) is 33.8 Å². The Morgan fingerprint density at radius 1 is 0.600 bits per heavy atom. The molecule has 5 aromatic carbocycles. The number of aliphatic carboxylic acids is 1. The molecule has 0 aliphatic carbocycles. The number of aliphatic hydroxyl groups is 2. The Hall–Kier alpha value is -9.69. The minimum absolute atomic E-state index is 0. The number of nitrogen functional groups attached to an aromatic ring is 1. The first-order chi connectivity index (χ1) is 57.6. The van der Waals surface area contributed by atoms with Crippen LogP contribution in [0.5, 0.6) is 17.2 Å². The average Bonchev–Trinajstić information content (AvgIpc) is 1.64. The van der Waals surface area contributed by atoms with E-state index in [1.165, 1.54) is 73.4 Å². The van der Waals surface area contributed by atoms with Gasteiger partial charge in [0.15, 0.2) is 29.8 Å². The van der Waals surface area contributed by atoms with E-state index >= 15 is 0 Å². The van der Waals surface area contributed by atoms with Crippen LogP contribution in [0.3, 0.4) is 0 Å². The van der Waals surface area contributed by atoms with Crippen LogP contribution in [-0.4, -0.2) is 270 Å². The number of carbonyl (C=O) groups is 12. The monoisotopic (exact) mass is 1970 g/mol. The van der Waals surface area contributed by atoms with Crippen molar-refractivity contribution in [1.29, 1.82) is 0 Å². The molecule has 720 valence electrons. The van der Waals surface area contributed by atoms with Gasteiger partial charge in [-0.1, -0.05) is 16.6 Å². The molecule has 2 aliphatic rings. The van der Waals surface area contributed by atoms with Crippen LogP contribution in [-0.2, 0) is 80.9 Å². The number of aryl methyl sites for hydroxylation is 1. The van der Waals surface area contributed by atoms with Crippen LogP contribution >= 0.6 is 35.6 Å². The van der Waals surface area contributed by atoms with Crippen molar-refractivity contribution < 1.29 is 185 Å². The number of aromatic nitrogens is 1. The quantitative estimate of drug-likeness (QED) is 0.0134. The maximum absolute atomic E-state index is 12.6. The fourth-order valence-electron chi connectivity index (χ4n) is 9.00. The van der Waals surface area contributed by atoms with Crippen LogP contribution in [0, 0.1) is 13.0 Å². The van der Waals surface area contributed by atoms with Crippen molar-refractivity contribution in [2.45, 2.75) is 196 Å². The summed E-state index contributed by atoms with van der Waals surface area (Å²) in [6.07, 6.45) is -2.03. The number of carbonyl (C=O) groups excluding carboxylic acids is 10. The molecular weight excluding hydrogens is 1850 g/mol. The van der Waals surface area contributed by atoms with E-state index in [0.29, 0.717) is 55.9 Å². The van der Waals surface area contributed by atoms with Crippen molar-refractivity contribution in [3.8, 4) is 17.2 Å². The zero-order valence-electron chi connectivity index (χ0n) is 78.5. The molecule has 2 saturated heterocycles. The standard InChI is InChI=1S/C16H14ClNO3.C12H21NO5.C11H19NO5.C10H9NO3.C9H17NO5.C8H9NO3.C6H4Cl.C5H12O.C4H9NO3.C4H6O3.BrH.ClH.Li.Mg.H2O/c1-10(19)18-15-8-7-13(21-2)9-14(15)16(20)11-3-5-12(17)6-4-11;1-11(2,3)18-10(15)13-8(9(14)16-6)7-17-12(13,4)5;1-10(2,3)17-9(15)12-7(8(13)14)6-16-11(12,4)5;1-6-11-9-4-3-7(13-2)5-8(9)10(12)14-6;1-9(2,3)15-8(13)10-6(5-11)7(12)14-4;1-12-5-2-3-7(9)6(4-5)8(10)11;7-6-4-2-1-3-5-6;1-5(2,3)6-4;1-8-4(7)3(5)2-6;1-3(5)7-4(2)6;;;;;/h3-9H,1-2H3,(H,18,19);8H,7H2,1-6H3;7H,6H2,1-5H3,(H,13,14);3-5H,1-2H3;6,11H,5H2,1-4H3,(H,10,13);2-4H,9H2,1H3,(H,10,11);2-5H;1-4H3;3,6H,2,5H2,1H3;1-2H3;2*1H;;;1H2/q;;;;;;-1;;;;;;+1;+2;/p-2/t;8-;7-;;6-;;;;3-;;;;;;/m.00.0...0....../s1. The number of alkyl carbamates (subject to hydrolysis) is 1. The van der Waals surface area contributed by atoms with E-state index in [1.807, 2.05) is 20.8 Å². The molecule has 0 unspecified atom stereocenters. The van der Waals surface area contributed by atoms with Gasteiger partial charge in [0.05, 0.1) is 96.8 Å². The van der Waals surface area contributed by atoms with Crippen molar-refractivity contribution in [3.63, 3.8) is 0 Å². The van der Waals surface area contributed by atoms with Gasteiger partial charge in [-0.05, 0) is 190 Å². The van der Waals surface area contributed by atoms with Gasteiger partial charge in [0.25, 0.3) is 0 Å². The number of nitrogens with one attached hydrogen (secondary N) is 2. The largest absolute Gasteiger partial charge is 2.00 e. The predicted molar refractivity (Wildman–Crippen MR) is 475 cm³/mol. The number of ketones is 1. The number of carboxylic acids is 2. The number of amides is 4. The summed E-state index contributed by atoms with van der Waals surface area (Å²) >= 11 is 11.3. The van der Waals surface area contributed by atoms with Gasteiger partial charge in [0.1, 0.15) is 51.5 Å². The fraction of sp³-hybridized carbons (Fsp3) is 0.482. The van der Waals surface area contributed by atoms with E-state index in [-0.39, 0.29) is 131 Å². The van der Waals surface area contributed by atoms with E-state index in [9.17, 15) is 62.3 Å². The number of hydrogen-bond acceptors (Lipinski definition) is 33. The van der Waals surface area contributed by atoms with Gasteiger partial charge in [0.2, 0.25) is 5.91 Å². The molecule has 45 heteroatoms. The molecule has 3 heterocycles. The van der Waals surface area contributed by atoms with Crippen molar-refractivity contribution in [2.24, 2.45) is 5.73 Å². The number of ether oxygens (including phenoxy) is 13. The van der Waals surface area contributed by atoms with Crippen molar-refractivity contribution in [3.05, 3.63) is 152 Å². The topological polar surface area (TPSA) is 561 Å². The molecule has 0 saturated carbocycles. The molecule has 39 nitrogen and oxygen atoms in total. The zero-order chi connectivity index (χ0) is 97.1. The van der Waals surface area contributed by atoms with E-state index in [1.54, 1.807) is 202 Å². The van der Waals surface area contributed by atoms with Crippen molar-refractivity contribution >= 4 is 153 Å². The van der Waals surface area contributed by atoms with Crippen LogP contribution in [0.25, 0.3) is 10.9 Å². The average molecular weight is 1970 g/mol. The summed E-state index contributed by atoms with van der Waals surface area (Å²) in [5.41, 5.74) is 8.49. The maximum atomic E-state index is 12.6. The van der Waals surface area contributed by atoms with Crippen LogP contribution in [0.15, 0.2) is 112 Å². The van der Waals surface area contributed by atoms with Gasteiger partial charge < -0.3 is 131 Å². The Morgan fingerprint density at radius 2 is 1.02 bits per heavy atom. The molecule has 0 radical (unpaired) electrons. The number of halogens is 4. The molecule has 2 fully saturated rings. The van der Waals surface area contributed by atoms with Crippen LogP contribution in [0.4, 0.5) is 25.8 Å². The summed E-state index contributed by atoms with van der Waals surface area (Å²) in [6, 6.07) is 27.4. The molecule has 11 N–H and O–H groups in total. The second kappa shape index (κ2) is 64.2. The summed E-state index contributed by atoms with van der Waals surface area (Å²) in [6.45, 7) is 32.9. The summed E-state index contributed by atoms with van der Waals surface area (Å²) in [5.74, 6) is -3.53. The first-order valence-electron chi connectivity index (χ1n) is 37.6. The third-order valence-corrected chi connectivity index (χ3v) is 15.4. The van der Waals surface area contributed by atoms with Gasteiger partial charge >= 0.3 is 108 Å². The van der Waals surface area contributed by atoms with Crippen LogP contribution < -0.4 is 77.8 Å². The van der Waals surface area contributed by atoms with Gasteiger partial charge in [-0.25, -0.2) is 43.3 Å². The molecule has 4 amide bonds. The first-order valence-corrected chi connectivity index (χ1v) is 38.3. The summed E-state index contributed by atoms with van der Waals surface area (Å²) in [7, 11) is 9.91. The summed E-state index contributed by atoms with van der Waals surface area (Å²) < 4.78 is 68.1. The van der Waals surface area contributed by atoms with Crippen LogP contribution in [0.1, 0.15) is 164 Å². The number of nitrogens with zero attached hydrogens (tertiary/aromatic N) is 3. The first kappa shape index (κ1) is 133. The van der Waals surface area contributed by atoms with E-state index in [0.717, 1.165) is 9.92 Å². The minimum Gasteiger partial charge on any atom is -1.00 e. The second-order valence-electron chi connectivity index (χ2n) is 30.5. The molecule has 0 bridgehead atoms.